The summed E-state index contributed by atoms with van der Waals surface area (Å²) in [7, 11) is 0. The van der Waals surface area contributed by atoms with Gasteiger partial charge in [0.05, 0.1) is 18.4 Å². The molecule has 0 saturated carbocycles. The predicted molar refractivity (Wildman–Crippen MR) is 109 cm³/mol. The largest absolute Gasteiger partial charge is 0.427 e. The first-order valence-corrected chi connectivity index (χ1v) is 10.3. The molecule has 2 saturated heterocycles. The molecule has 0 aromatic heterocycles. The number of benzene rings is 1. The third-order valence-corrected chi connectivity index (χ3v) is 5.04. The molecular weight excluding hydrogens is 452 g/mol. The minimum Gasteiger partial charge on any atom is -0.427 e. The maximum Gasteiger partial charge on any atom is 0.377 e. The Labute approximate surface area is 194 Å². The molecule has 12 heteroatoms. The van der Waals surface area contributed by atoms with Crippen LogP contribution in [0.15, 0.2) is 35.3 Å². The molecule has 0 radical (unpaired) electrons. The summed E-state index contributed by atoms with van der Waals surface area (Å²) < 4.78 is 20.7. The first-order chi connectivity index (χ1) is 16.0. The molecule has 1 amide bonds. The van der Waals surface area contributed by atoms with Crippen molar-refractivity contribution >= 4 is 29.9 Å². The van der Waals surface area contributed by atoms with Gasteiger partial charge in [0.2, 0.25) is 12.9 Å². The highest BCUT2D eigenvalue weighted by molar-refractivity contribution is 5.94. The first-order valence-electron chi connectivity index (χ1n) is 10.3. The molecule has 1 unspecified atom stereocenters. The van der Waals surface area contributed by atoms with Gasteiger partial charge in [0.25, 0.3) is 5.72 Å². The molecule has 12 nitrogen and oxygen atoms in total. The van der Waals surface area contributed by atoms with Gasteiger partial charge in [-0.05, 0) is 26.3 Å². The summed E-state index contributed by atoms with van der Waals surface area (Å²) in [6, 6.07) is 8.75. The Hall–Kier alpha value is -3.60. The summed E-state index contributed by atoms with van der Waals surface area (Å²) in [5.41, 5.74) is -4.63. The lowest BCUT2D eigenvalue weighted by Gasteiger charge is -2.32. The van der Waals surface area contributed by atoms with E-state index in [1.54, 1.807) is 51.1 Å². The smallest absolute Gasteiger partial charge is 0.377 e. The summed E-state index contributed by atoms with van der Waals surface area (Å²) in [6.45, 7) is 3.34. The van der Waals surface area contributed by atoms with E-state index in [1.165, 1.54) is 6.08 Å². The molecule has 2 atom stereocenters. The van der Waals surface area contributed by atoms with Gasteiger partial charge in [-0.15, -0.1) is 0 Å². The van der Waals surface area contributed by atoms with E-state index in [0.717, 1.165) is 0 Å². The van der Waals surface area contributed by atoms with Crippen LogP contribution in [0.1, 0.15) is 39.2 Å². The number of rotatable bonds is 8. The minimum absolute atomic E-state index is 0.116. The molecule has 0 N–H and O–H groups in total. The van der Waals surface area contributed by atoms with E-state index < -0.39 is 54.1 Å². The number of esters is 3. The van der Waals surface area contributed by atoms with Gasteiger partial charge in [-0.1, -0.05) is 30.3 Å². The zero-order valence-electron chi connectivity index (χ0n) is 18.9. The van der Waals surface area contributed by atoms with Crippen molar-refractivity contribution in [3.05, 3.63) is 35.9 Å². The lowest BCUT2D eigenvalue weighted by molar-refractivity contribution is -0.262. The quantitative estimate of drug-likeness (QED) is 0.231. The van der Waals surface area contributed by atoms with E-state index in [2.05, 4.69) is 4.99 Å². The van der Waals surface area contributed by atoms with Gasteiger partial charge >= 0.3 is 29.5 Å². The van der Waals surface area contributed by atoms with Crippen LogP contribution in [0.3, 0.4) is 0 Å². The van der Waals surface area contributed by atoms with Crippen LogP contribution in [-0.2, 0) is 54.4 Å². The van der Waals surface area contributed by atoms with E-state index in [4.69, 9.17) is 23.8 Å². The third-order valence-electron chi connectivity index (χ3n) is 5.04. The molecule has 2 aliphatic heterocycles. The number of amides is 1. The molecule has 1 aromatic carbocycles. The van der Waals surface area contributed by atoms with Crippen LogP contribution in [0, 0.1) is 5.41 Å². The molecule has 182 valence electrons. The fourth-order valence-corrected chi connectivity index (χ4v) is 3.16. The Morgan fingerprint density at radius 3 is 2.47 bits per heavy atom. The number of carbonyl (C=O) groups is 4. The van der Waals surface area contributed by atoms with Gasteiger partial charge in [0.1, 0.15) is 6.61 Å². The number of aliphatic imine (C=N–C) groups is 1. The fraction of sp³-hybridized carbons (Fsp3) is 0.500. The molecule has 2 aliphatic rings. The zero-order valence-corrected chi connectivity index (χ0v) is 18.9. The summed E-state index contributed by atoms with van der Waals surface area (Å²) in [5.74, 6) is -3.70. The average Bonchev–Trinajstić information content (AvgIpc) is 3.34. The van der Waals surface area contributed by atoms with E-state index in [-0.39, 0.29) is 19.4 Å². The van der Waals surface area contributed by atoms with Crippen LogP contribution in [0.25, 0.3) is 0 Å². The molecule has 0 spiro atoms. The third kappa shape index (κ3) is 4.98. The highest BCUT2D eigenvalue weighted by atomic mass is 16.8. The summed E-state index contributed by atoms with van der Waals surface area (Å²) in [4.78, 5) is 69.9. The van der Waals surface area contributed by atoms with Crippen molar-refractivity contribution < 1.29 is 47.8 Å². The molecule has 34 heavy (non-hydrogen) atoms. The molecule has 2 heterocycles. The normalized spacial score (nSPS) is 24.4. The fourth-order valence-electron chi connectivity index (χ4n) is 3.16. The van der Waals surface area contributed by atoms with E-state index in [0.29, 0.717) is 10.6 Å². The van der Waals surface area contributed by atoms with E-state index >= 15 is 0 Å². The summed E-state index contributed by atoms with van der Waals surface area (Å²) >= 11 is 0. The Morgan fingerprint density at radius 1 is 1.18 bits per heavy atom. The van der Waals surface area contributed by atoms with Crippen molar-refractivity contribution in [3.8, 4) is 0 Å². The molecule has 2 fully saturated rings. The lowest BCUT2D eigenvalue weighted by Crippen LogP contribution is -2.58. The Morgan fingerprint density at radius 2 is 1.88 bits per heavy atom. The minimum atomic E-state index is -2.31. The Kier molecular flexibility index (Phi) is 7.15. The molecular formula is C22H24N2O10. The maximum absolute atomic E-state index is 13.3. The van der Waals surface area contributed by atoms with Crippen LogP contribution >= 0.6 is 0 Å². The Balaban J connectivity index is 1.79. The molecule has 0 bridgehead atoms. The van der Waals surface area contributed by atoms with Crippen LogP contribution < -0.4 is 0 Å². The predicted octanol–water partition coefficient (Wildman–Crippen LogP) is 1.13. The van der Waals surface area contributed by atoms with Crippen molar-refractivity contribution in [2.24, 2.45) is 10.4 Å². The van der Waals surface area contributed by atoms with Gasteiger partial charge in [-0.3, -0.25) is 19.2 Å². The van der Waals surface area contributed by atoms with Crippen molar-refractivity contribution in [1.29, 1.82) is 0 Å². The van der Waals surface area contributed by atoms with Gasteiger partial charge < -0.3 is 18.9 Å². The second kappa shape index (κ2) is 9.72. The number of ether oxygens (including phenoxy) is 4. The van der Waals surface area contributed by atoms with Gasteiger partial charge in [0.15, 0.2) is 0 Å². The lowest BCUT2D eigenvalue weighted by atomic mass is 9.98. The number of hydrogen-bond acceptors (Lipinski definition) is 11. The Bertz CT molecular complexity index is 1010. The second-order valence-corrected chi connectivity index (χ2v) is 8.62. The van der Waals surface area contributed by atoms with Crippen molar-refractivity contribution in [3.63, 3.8) is 0 Å². The maximum atomic E-state index is 13.3. The van der Waals surface area contributed by atoms with Gasteiger partial charge in [-0.25, -0.2) is 9.59 Å². The van der Waals surface area contributed by atoms with Crippen LogP contribution in [0.5, 0.6) is 0 Å². The number of isocyanates is 1. The number of nitrogens with zero attached hydrogens (tertiary/aromatic N) is 2. The zero-order chi connectivity index (χ0) is 25.0. The molecule has 0 aliphatic carbocycles. The molecule has 3 rings (SSSR count). The van der Waals surface area contributed by atoms with Crippen molar-refractivity contribution in [2.45, 2.75) is 51.7 Å². The second-order valence-electron chi connectivity index (χ2n) is 8.62. The summed E-state index contributed by atoms with van der Waals surface area (Å²) in [6.07, 6.45) is 0.755. The number of hydroxylamine groups is 2. The molecule has 1 aromatic rings. The number of carbonyl (C=O) groups excluding carboxylic acids is 5. The monoisotopic (exact) mass is 476 g/mol. The average molecular weight is 476 g/mol. The first kappa shape index (κ1) is 25.0. The SMILES string of the molecule is CC(C)(C)C(=O)OCOC(=O)C1(N2OC[C@](N=C=O)(OCc3ccccc3)C2=O)CCC(=O)O1. The van der Waals surface area contributed by atoms with Crippen molar-refractivity contribution in [1.82, 2.24) is 5.06 Å². The highest BCUT2D eigenvalue weighted by Crippen LogP contribution is 2.39. The van der Waals surface area contributed by atoms with Crippen LogP contribution in [0.2, 0.25) is 0 Å². The summed E-state index contributed by atoms with van der Waals surface area (Å²) in [5, 5.41) is 0.484. The number of hydrogen-bond donors (Lipinski definition) is 0. The van der Waals surface area contributed by atoms with E-state index in [1.807, 2.05) is 0 Å². The van der Waals surface area contributed by atoms with E-state index in [9.17, 15) is 24.0 Å². The van der Waals surface area contributed by atoms with Crippen molar-refractivity contribution in [2.75, 3.05) is 13.4 Å². The standard InChI is InChI=1S/C22H24N2O10/c1-20(2,3)18(28)30-14-31-19(29)22(10-9-16(26)34-22)24-17(27)21(12-33-24,23-13-25)32-11-15-7-5-4-6-8-15/h4-8H,9-12,14H2,1-3H3/t21-,22?/m0/s1. The highest BCUT2D eigenvalue weighted by Gasteiger charge is 2.64. The van der Waals surface area contributed by atoms with Crippen LogP contribution in [0.4, 0.5) is 0 Å². The number of cyclic esters (lactones) is 1. The van der Waals surface area contributed by atoms with Gasteiger partial charge in [0, 0.05) is 6.42 Å². The van der Waals surface area contributed by atoms with Gasteiger partial charge in [-0.2, -0.15) is 10.1 Å². The van der Waals surface area contributed by atoms with Crippen LogP contribution in [-0.4, -0.2) is 59.8 Å². The topological polar surface area (TPSA) is 147 Å².